The number of hydrogen-bond donors (Lipinski definition) is 1. The second-order valence-corrected chi connectivity index (χ2v) is 14.2. The van der Waals surface area contributed by atoms with Crippen LogP contribution in [-0.2, 0) is 28.6 Å². The van der Waals surface area contributed by atoms with Gasteiger partial charge in [0.2, 0.25) is 0 Å². The van der Waals surface area contributed by atoms with E-state index in [1.54, 1.807) is 0 Å². The van der Waals surface area contributed by atoms with Crippen LogP contribution in [0.1, 0.15) is 106 Å². The second kappa shape index (κ2) is 8.96. The fourth-order valence-electron chi connectivity index (χ4n) is 10.7. The third kappa shape index (κ3) is 4.13. The minimum atomic E-state index is -1.36. The first-order valence-corrected chi connectivity index (χ1v) is 14.5. The molecule has 5 aliphatic rings. The average molecular weight is 519 g/mol. The Balaban J connectivity index is 1.55. The number of aliphatic carboxylic acids is 1. The van der Waals surface area contributed by atoms with Crippen LogP contribution in [-0.4, -0.2) is 46.9 Å². The predicted octanol–water partition coefficient (Wildman–Crippen LogP) is 5.53. The summed E-state index contributed by atoms with van der Waals surface area (Å²) in [6.07, 6.45) is 7.28. The van der Waals surface area contributed by atoms with Gasteiger partial charge in [-0.1, -0.05) is 34.1 Å². The number of esters is 2. The predicted molar refractivity (Wildman–Crippen MR) is 136 cm³/mol. The van der Waals surface area contributed by atoms with Gasteiger partial charge in [-0.25, -0.2) is 0 Å². The number of carboxylic acid groups (broad SMARTS) is 1. The Labute approximate surface area is 221 Å². The number of carbonyl (C=O) groups excluding carboxylic acids is 2. The lowest BCUT2D eigenvalue weighted by molar-refractivity contribution is -0.197. The highest BCUT2D eigenvalue weighted by Crippen LogP contribution is 2.71. The van der Waals surface area contributed by atoms with E-state index in [0.717, 1.165) is 19.3 Å². The summed E-state index contributed by atoms with van der Waals surface area (Å²) >= 11 is 0. The molecule has 5 rings (SSSR count). The molecule has 2 heterocycles. The van der Waals surface area contributed by atoms with E-state index < -0.39 is 35.7 Å². The van der Waals surface area contributed by atoms with E-state index in [0.29, 0.717) is 30.1 Å². The summed E-state index contributed by atoms with van der Waals surface area (Å²) in [5.74, 6) is -0.189. The van der Waals surface area contributed by atoms with E-state index in [2.05, 4.69) is 27.7 Å². The van der Waals surface area contributed by atoms with Gasteiger partial charge in [0.05, 0.1) is 12.5 Å². The van der Waals surface area contributed by atoms with Gasteiger partial charge in [-0.15, -0.1) is 0 Å². The van der Waals surface area contributed by atoms with Crippen molar-refractivity contribution >= 4 is 17.9 Å². The molecule has 0 aromatic rings. The molecule has 3 aliphatic carbocycles. The summed E-state index contributed by atoms with van der Waals surface area (Å²) in [4.78, 5) is 36.5. The van der Waals surface area contributed by atoms with E-state index in [9.17, 15) is 19.5 Å². The molecule has 2 aliphatic heterocycles. The number of fused-ring (bicyclic) bond motifs is 8. The molecular weight excluding hydrogens is 472 g/mol. The van der Waals surface area contributed by atoms with Gasteiger partial charge in [0.15, 0.2) is 5.60 Å². The maximum Gasteiger partial charge on any atom is 0.306 e. The molecule has 10 unspecified atom stereocenters. The van der Waals surface area contributed by atoms with Gasteiger partial charge in [0.1, 0.15) is 12.2 Å². The third-order valence-electron chi connectivity index (χ3n) is 11.9. The van der Waals surface area contributed by atoms with E-state index in [4.69, 9.17) is 14.2 Å². The van der Waals surface area contributed by atoms with E-state index >= 15 is 0 Å². The van der Waals surface area contributed by atoms with Gasteiger partial charge >= 0.3 is 17.9 Å². The van der Waals surface area contributed by atoms with Gasteiger partial charge in [0, 0.05) is 20.3 Å². The van der Waals surface area contributed by atoms with Crippen LogP contribution in [0.15, 0.2) is 0 Å². The van der Waals surface area contributed by atoms with Crippen molar-refractivity contribution in [2.24, 2.45) is 39.9 Å². The minimum Gasteiger partial charge on any atom is -0.481 e. The van der Waals surface area contributed by atoms with Gasteiger partial charge in [-0.2, -0.15) is 0 Å². The van der Waals surface area contributed by atoms with Crippen LogP contribution in [0, 0.1) is 39.9 Å². The molecule has 10 atom stereocenters. The highest BCUT2D eigenvalue weighted by atomic mass is 16.6. The zero-order valence-electron chi connectivity index (χ0n) is 23.5. The average Bonchev–Trinajstić information content (AvgIpc) is 3.03. The topological polar surface area (TPSA) is 99.1 Å². The monoisotopic (exact) mass is 518 g/mol. The van der Waals surface area contributed by atoms with Gasteiger partial charge in [-0.3, -0.25) is 14.4 Å². The number of rotatable bonds is 4. The zero-order valence-corrected chi connectivity index (χ0v) is 23.5. The molecule has 0 amide bonds. The van der Waals surface area contributed by atoms with Crippen LogP contribution in [0.5, 0.6) is 0 Å². The van der Waals surface area contributed by atoms with Crippen molar-refractivity contribution in [3.8, 4) is 0 Å². The summed E-state index contributed by atoms with van der Waals surface area (Å²) < 4.78 is 18.3. The highest BCUT2D eigenvalue weighted by Gasteiger charge is 2.68. The van der Waals surface area contributed by atoms with Crippen molar-refractivity contribution in [2.45, 2.75) is 130 Å². The van der Waals surface area contributed by atoms with Crippen molar-refractivity contribution in [3.05, 3.63) is 0 Å². The lowest BCUT2D eigenvalue weighted by Gasteiger charge is -2.67. The van der Waals surface area contributed by atoms with Gasteiger partial charge < -0.3 is 19.3 Å². The normalized spacial score (nSPS) is 48.0. The van der Waals surface area contributed by atoms with E-state index in [1.165, 1.54) is 39.5 Å². The smallest absolute Gasteiger partial charge is 0.306 e. The number of carbonyl (C=O) groups is 3. The van der Waals surface area contributed by atoms with Crippen LogP contribution in [0.3, 0.4) is 0 Å². The van der Waals surface area contributed by atoms with Crippen LogP contribution < -0.4 is 0 Å². The molecule has 0 radical (unpaired) electrons. The fraction of sp³-hybridized carbons (Fsp3) is 0.900. The van der Waals surface area contributed by atoms with Crippen molar-refractivity contribution in [1.82, 2.24) is 0 Å². The fourth-order valence-corrected chi connectivity index (χ4v) is 10.7. The molecule has 2 saturated heterocycles. The molecule has 5 fully saturated rings. The molecule has 7 heteroatoms. The largest absolute Gasteiger partial charge is 0.481 e. The van der Waals surface area contributed by atoms with E-state index in [-0.39, 0.29) is 35.2 Å². The Kier molecular flexibility index (Phi) is 6.53. The van der Waals surface area contributed by atoms with E-state index in [1.807, 2.05) is 0 Å². The van der Waals surface area contributed by atoms with Crippen molar-refractivity contribution in [2.75, 3.05) is 0 Å². The first-order chi connectivity index (χ1) is 17.2. The molecule has 208 valence electrons. The molecule has 0 spiro atoms. The van der Waals surface area contributed by atoms with Crippen LogP contribution >= 0.6 is 0 Å². The second-order valence-electron chi connectivity index (χ2n) is 14.2. The Hall–Kier alpha value is -1.63. The highest BCUT2D eigenvalue weighted by molar-refractivity contribution is 5.70. The minimum absolute atomic E-state index is 0.0647. The lowest BCUT2D eigenvalue weighted by atomic mass is 9.38. The van der Waals surface area contributed by atoms with Crippen molar-refractivity contribution < 1.29 is 33.7 Å². The van der Waals surface area contributed by atoms with Crippen molar-refractivity contribution in [1.29, 1.82) is 0 Å². The number of carboxylic acids is 1. The summed E-state index contributed by atoms with van der Waals surface area (Å²) in [7, 11) is 0. The first-order valence-electron chi connectivity index (χ1n) is 14.5. The third-order valence-corrected chi connectivity index (χ3v) is 11.9. The SMILES string of the molecule is CC(=O)OC1CC2OC1(CC(=O)O)C(OC(C)=O)CC1C2CCC2C1(C)CCC1C(C)(C)CCCC12C. The van der Waals surface area contributed by atoms with Crippen LogP contribution in [0.25, 0.3) is 0 Å². The molecule has 2 bridgehead atoms. The standard InChI is InChI=1S/C30H46O7/c1-17(31)35-24-14-20-19(21-15-25(36-18(2)32)30(24,37-21)16-26(33)34)8-9-23-28(20,5)13-10-22-27(3,4)11-7-12-29(22,23)6/h19-25H,7-16H2,1-6H3,(H,33,34). The Morgan fingerprint density at radius 2 is 1.49 bits per heavy atom. The first kappa shape index (κ1) is 27.0. The van der Waals surface area contributed by atoms with Crippen molar-refractivity contribution in [3.63, 3.8) is 0 Å². The Morgan fingerprint density at radius 1 is 0.838 bits per heavy atom. The van der Waals surface area contributed by atoms with Crippen LogP contribution in [0.2, 0.25) is 0 Å². The quantitative estimate of drug-likeness (QED) is 0.489. The zero-order chi connectivity index (χ0) is 27.0. The maximum absolute atomic E-state index is 12.4. The Morgan fingerprint density at radius 3 is 2.11 bits per heavy atom. The summed E-state index contributed by atoms with van der Waals surface area (Å²) in [5.41, 5.74) is -0.665. The van der Waals surface area contributed by atoms with Gasteiger partial charge in [-0.05, 0) is 84.9 Å². The summed E-state index contributed by atoms with van der Waals surface area (Å²) in [5, 5.41) is 9.92. The molecule has 0 aromatic carbocycles. The molecule has 1 N–H and O–H groups in total. The summed E-state index contributed by atoms with van der Waals surface area (Å²) in [6.45, 7) is 12.6. The van der Waals surface area contributed by atoms with Gasteiger partial charge in [0.25, 0.3) is 0 Å². The molecular formula is C30H46O7. The molecule has 3 saturated carbocycles. The molecule has 7 nitrogen and oxygen atoms in total. The Bertz CT molecular complexity index is 960. The molecule has 37 heavy (non-hydrogen) atoms. The lowest BCUT2D eigenvalue weighted by Crippen LogP contribution is -2.61. The number of ether oxygens (including phenoxy) is 3. The summed E-state index contributed by atoms with van der Waals surface area (Å²) in [6, 6.07) is 0. The molecule has 0 aromatic heterocycles. The number of hydrogen-bond acceptors (Lipinski definition) is 6. The maximum atomic E-state index is 12.4. The van der Waals surface area contributed by atoms with Crippen LogP contribution in [0.4, 0.5) is 0 Å².